The first-order valence-corrected chi connectivity index (χ1v) is 5.24. The van der Waals surface area contributed by atoms with E-state index >= 15 is 0 Å². The molecule has 1 N–H and O–H groups in total. The maximum atomic E-state index is 11.6. The molecule has 0 fully saturated rings. The van der Waals surface area contributed by atoms with Crippen LogP contribution >= 0.6 is 11.6 Å². The fraction of sp³-hybridized carbons (Fsp3) is 0.444. The predicted molar refractivity (Wildman–Crippen MR) is 59.7 cm³/mol. The molecular weight excluding hydrogens is 234 g/mol. The molecule has 1 amide bonds. The second-order valence-corrected chi connectivity index (χ2v) is 3.63. The molecule has 0 saturated heterocycles. The summed E-state index contributed by atoms with van der Waals surface area (Å²) >= 11 is 5.46. The second kappa shape index (κ2) is 5.50. The van der Waals surface area contributed by atoms with E-state index in [0.717, 1.165) is 0 Å². The minimum absolute atomic E-state index is 0.0926. The van der Waals surface area contributed by atoms with E-state index in [9.17, 15) is 14.9 Å². The van der Waals surface area contributed by atoms with Crippen LogP contribution in [0.2, 0.25) is 0 Å². The minimum atomic E-state index is -0.532. The van der Waals surface area contributed by atoms with Gasteiger partial charge < -0.3 is 9.88 Å². The first-order chi connectivity index (χ1) is 7.56. The number of halogens is 1. The van der Waals surface area contributed by atoms with Gasteiger partial charge in [-0.25, -0.2) is 0 Å². The normalized spacial score (nSPS) is 10.1. The molecule has 7 heteroatoms. The molecule has 0 aromatic carbocycles. The molecule has 88 valence electrons. The van der Waals surface area contributed by atoms with Crippen molar-refractivity contribution >= 4 is 23.2 Å². The molecule has 0 atom stereocenters. The van der Waals surface area contributed by atoms with E-state index in [0.29, 0.717) is 18.8 Å². The Balaban J connectivity index is 2.71. The summed E-state index contributed by atoms with van der Waals surface area (Å²) < 4.78 is 1.42. The SMILES string of the molecule is Cn1cc([N+](=O)[O-])cc1C(=O)NCCCCl. The first kappa shape index (κ1) is 12.5. The Morgan fingerprint density at radius 2 is 2.38 bits per heavy atom. The maximum Gasteiger partial charge on any atom is 0.287 e. The Labute approximate surface area is 97.3 Å². The van der Waals surface area contributed by atoms with Gasteiger partial charge in [0, 0.05) is 25.5 Å². The highest BCUT2D eigenvalue weighted by atomic mass is 35.5. The fourth-order valence-corrected chi connectivity index (χ4v) is 1.37. The highest BCUT2D eigenvalue weighted by Crippen LogP contribution is 2.14. The lowest BCUT2D eigenvalue weighted by Crippen LogP contribution is -2.26. The number of nitrogens with one attached hydrogen (secondary N) is 1. The van der Waals surface area contributed by atoms with Gasteiger partial charge in [-0.1, -0.05) is 0 Å². The van der Waals surface area contributed by atoms with E-state index in [1.807, 2.05) is 0 Å². The quantitative estimate of drug-likeness (QED) is 0.368. The van der Waals surface area contributed by atoms with E-state index in [1.54, 1.807) is 7.05 Å². The lowest BCUT2D eigenvalue weighted by molar-refractivity contribution is -0.384. The molecule has 1 aromatic heterocycles. The number of carbonyl (C=O) groups excluding carboxylic acids is 1. The number of hydrogen-bond acceptors (Lipinski definition) is 3. The zero-order valence-electron chi connectivity index (χ0n) is 8.77. The van der Waals surface area contributed by atoms with Gasteiger partial charge in [-0.3, -0.25) is 14.9 Å². The molecule has 0 saturated carbocycles. The summed E-state index contributed by atoms with van der Waals surface area (Å²) in [5.74, 6) is 0.133. The lowest BCUT2D eigenvalue weighted by atomic mass is 10.3. The van der Waals surface area contributed by atoms with Crippen LogP contribution in [0, 0.1) is 10.1 Å². The summed E-state index contributed by atoms with van der Waals surface area (Å²) in [6.45, 7) is 0.460. The average molecular weight is 246 g/mol. The standard InChI is InChI=1S/C9H12ClN3O3/c1-12-6-7(13(15)16)5-8(12)9(14)11-4-2-3-10/h5-6H,2-4H2,1H3,(H,11,14). The van der Waals surface area contributed by atoms with Crippen molar-refractivity contribution in [3.8, 4) is 0 Å². The number of rotatable bonds is 5. The summed E-state index contributed by atoms with van der Waals surface area (Å²) in [4.78, 5) is 21.5. The number of nitro groups is 1. The van der Waals surface area contributed by atoms with Crippen molar-refractivity contribution < 1.29 is 9.72 Å². The van der Waals surface area contributed by atoms with Gasteiger partial charge in [0.15, 0.2) is 0 Å². The van der Waals surface area contributed by atoms with Crippen molar-refractivity contribution in [3.05, 3.63) is 28.1 Å². The Hall–Kier alpha value is -1.56. The number of aromatic nitrogens is 1. The highest BCUT2D eigenvalue weighted by Gasteiger charge is 2.16. The molecule has 0 aliphatic carbocycles. The molecule has 16 heavy (non-hydrogen) atoms. The van der Waals surface area contributed by atoms with Crippen molar-refractivity contribution in [1.82, 2.24) is 9.88 Å². The topological polar surface area (TPSA) is 77.2 Å². The summed E-state index contributed by atoms with van der Waals surface area (Å²) in [6, 6.07) is 1.25. The zero-order valence-corrected chi connectivity index (χ0v) is 9.53. The smallest absolute Gasteiger partial charge is 0.287 e. The second-order valence-electron chi connectivity index (χ2n) is 3.25. The van der Waals surface area contributed by atoms with E-state index in [-0.39, 0.29) is 17.3 Å². The van der Waals surface area contributed by atoms with Crippen LogP contribution in [0.3, 0.4) is 0 Å². The van der Waals surface area contributed by atoms with E-state index in [2.05, 4.69) is 5.32 Å². The molecule has 0 aliphatic rings. The summed E-state index contributed by atoms with van der Waals surface area (Å²) in [7, 11) is 1.59. The number of hydrogen-bond donors (Lipinski definition) is 1. The minimum Gasteiger partial charge on any atom is -0.351 e. The number of amides is 1. The third-order valence-corrected chi connectivity index (χ3v) is 2.30. The van der Waals surface area contributed by atoms with E-state index in [4.69, 9.17) is 11.6 Å². The van der Waals surface area contributed by atoms with E-state index < -0.39 is 4.92 Å². The van der Waals surface area contributed by atoms with Crippen LogP contribution in [0.4, 0.5) is 5.69 Å². The molecule has 0 radical (unpaired) electrons. The van der Waals surface area contributed by atoms with Gasteiger partial charge in [0.2, 0.25) is 0 Å². The maximum absolute atomic E-state index is 11.6. The third-order valence-electron chi connectivity index (χ3n) is 2.03. The number of alkyl halides is 1. The van der Waals surface area contributed by atoms with Crippen molar-refractivity contribution in [2.45, 2.75) is 6.42 Å². The van der Waals surface area contributed by atoms with Gasteiger partial charge in [-0.15, -0.1) is 11.6 Å². The largest absolute Gasteiger partial charge is 0.351 e. The Bertz CT molecular complexity index is 403. The van der Waals surface area contributed by atoms with Gasteiger partial charge in [-0.2, -0.15) is 0 Å². The van der Waals surface area contributed by atoms with Gasteiger partial charge in [0.25, 0.3) is 11.6 Å². The van der Waals surface area contributed by atoms with Crippen LogP contribution in [0.25, 0.3) is 0 Å². The van der Waals surface area contributed by atoms with Crippen molar-refractivity contribution in [2.24, 2.45) is 7.05 Å². The van der Waals surface area contributed by atoms with Crippen LogP contribution in [0.1, 0.15) is 16.9 Å². The highest BCUT2D eigenvalue weighted by molar-refractivity contribution is 6.17. The summed E-state index contributed by atoms with van der Waals surface area (Å²) in [5, 5.41) is 13.1. The van der Waals surface area contributed by atoms with Gasteiger partial charge in [-0.05, 0) is 6.42 Å². The van der Waals surface area contributed by atoms with Crippen LogP contribution < -0.4 is 5.32 Å². The fourth-order valence-electron chi connectivity index (χ4n) is 1.23. The number of aryl methyl sites for hydroxylation is 1. The Kier molecular flexibility index (Phi) is 4.30. The molecule has 0 spiro atoms. The molecular formula is C9H12ClN3O3. The first-order valence-electron chi connectivity index (χ1n) is 4.71. The zero-order chi connectivity index (χ0) is 12.1. The van der Waals surface area contributed by atoms with Crippen molar-refractivity contribution in [1.29, 1.82) is 0 Å². The Morgan fingerprint density at radius 3 is 2.88 bits per heavy atom. The Morgan fingerprint density at radius 1 is 1.69 bits per heavy atom. The molecule has 6 nitrogen and oxygen atoms in total. The molecule has 0 unspecified atom stereocenters. The summed E-state index contributed by atoms with van der Waals surface area (Å²) in [6.07, 6.45) is 1.97. The van der Waals surface area contributed by atoms with Gasteiger partial charge in [0.1, 0.15) is 5.69 Å². The van der Waals surface area contributed by atoms with Crippen molar-refractivity contribution in [3.63, 3.8) is 0 Å². The number of carbonyl (C=O) groups is 1. The van der Waals surface area contributed by atoms with Crippen LogP contribution in [0.5, 0.6) is 0 Å². The predicted octanol–water partition coefficient (Wildman–Crippen LogP) is 1.29. The molecule has 1 heterocycles. The van der Waals surface area contributed by atoms with Crippen molar-refractivity contribution in [2.75, 3.05) is 12.4 Å². The van der Waals surface area contributed by atoms with Gasteiger partial charge >= 0.3 is 0 Å². The van der Waals surface area contributed by atoms with Gasteiger partial charge in [0.05, 0.1) is 11.1 Å². The average Bonchev–Trinajstić information content (AvgIpc) is 2.61. The third kappa shape index (κ3) is 2.96. The van der Waals surface area contributed by atoms with Crippen LogP contribution in [0.15, 0.2) is 12.3 Å². The van der Waals surface area contributed by atoms with Crippen LogP contribution in [-0.4, -0.2) is 27.8 Å². The number of nitrogens with zero attached hydrogens (tertiary/aromatic N) is 2. The molecule has 1 aromatic rings. The van der Waals surface area contributed by atoms with Crippen LogP contribution in [-0.2, 0) is 7.05 Å². The van der Waals surface area contributed by atoms with E-state index in [1.165, 1.54) is 16.8 Å². The molecule has 0 aliphatic heterocycles. The summed E-state index contributed by atoms with van der Waals surface area (Å²) in [5.41, 5.74) is 0.172. The molecule has 1 rings (SSSR count). The lowest BCUT2D eigenvalue weighted by Gasteiger charge is -2.03. The molecule has 0 bridgehead atoms. The monoisotopic (exact) mass is 245 g/mol.